The Morgan fingerprint density at radius 2 is 1.89 bits per heavy atom. The number of benzene rings is 1. The van der Waals surface area contributed by atoms with Gasteiger partial charge in [0.05, 0.1) is 6.04 Å². The molecule has 1 aliphatic rings. The number of nitrogens with two attached hydrogens (primary N) is 1. The van der Waals surface area contributed by atoms with Crippen molar-refractivity contribution in [3.63, 3.8) is 0 Å². The molecule has 4 atom stereocenters. The largest absolute Gasteiger partial charge is 0.326 e. The molecule has 1 aromatic carbocycles. The quantitative estimate of drug-likeness (QED) is 0.901. The van der Waals surface area contributed by atoms with E-state index in [9.17, 15) is 0 Å². The van der Waals surface area contributed by atoms with E-state index in [0.717, 1.165) is 5.92 Å². The summed E-state index contributed by atoms with van der Waals surface area (Å²) in [6.07, 6.45) is 2.63. The molecule has 0 aliphatic carbocycles. The number of hydrogen-bond donors (Lipinski definition) is 1. The summed E-state index contributed by atoms with van der Waals surface area (Å²) in [5.74, 6) is 0.779. The van der Waals surface area contributed by atoms with Crippen LogP contribution in [0.5, 0.6) is 0 Å². The maximum absolute atomic E-state index is 6.33. The third kappa shape index (κ3) is 3.18. The highest BCUT2D eigenvalue weighted by molar-refractivity contribution is 5.30. The van der Waals surface area contributed by atoms with Crippen molar-refractivity contribution in [3.05, 3.63) is 35.4 Å². The van der Waals surface area contributed by atoms with Crippen LogP contribution in [0.1, 0.15) is 50.8 Å². The molecule has 4 unspecified atom stereocenters. The van der Waals surface area contributed by atoms with Gasteiger partial charge in [-0.2, -0.15) is 0 Å². The summed E-state index contributed by atoms with van der Waals surface area (Å²) in [7, 11) is 0. The molecule has 1 saturated heterocycles. The normalized spacial score (nSPS) is 28.1. The highest BCUT2D eigenvalue weighted by Gasteiger charge is 2.32. The molecule has 19 heavy (non-hydrogen) atoms. The lowest BCUT2D eigenvalue weighted by Crippen LogP contribution is -2.48. The van der Waals surface area contributed by atoms with E-state index in [0.29, 0.717) is 12.1 Å². The average molecular weight is 260 g/mol. The van der Waals surface area contributed by atoms with Gasteiger partial charge in [-0.3, -0.25) is 4.90 Å². The second-order valence-electron chi connectivity index (χ2n) is 6.39. The van der Waals surface area contributed by atoms with Crippen molar-refractivity contribution >= 4 is 0 Å². The van der Waals surface area contributed by atoms with Crippen LogP contribution in [0.25, 0.3) is 0 Å². The summed E-state index contributed by atoms with van der Waals surface area (Å²) < 4.78 is 0. The van der Waals surface area contributed by atoms with E-state index in [4.69, 9.17) is 5.73 Å². The van der Waals surface area contributed by atoms with Crippen molar-refractivity contribution in [1.29, 1.82) is 0 Å². The van der Waals surface area contributed by atoms with Crippen LogP contribution in [0.2, 0.25) is 0 Å². The van der Waals surface area contributed by atoms with Gasteiger partial charge in [-0.1, -0.05) is 31.2 Å². The predicted molar refractivity (Wildman–Crippen MR) is 82.1 cm³/mol. The summed E-state index contributed by atoms with van der Waals surface area (Å²) >= 11 is 0. The molecule has 2 rings (SSSR count). The van der Waals surface area contributed by atoms with E-state index in [2.05, 4.69) is 56.9 Å². The lowest BCUT2D eigenvalue weighted by Gasteiger charge is -2.44. The Labute approximate surface area is 118 Å². The zero-order valence-electron chi connectivity index (χ0n) is 12.8. The van der Waals surface area contributed by atoms with Crippen LogP contribution in [-0.4, -0.2) is 23.5 Å². The molecule has 106 valence electrons. The molecule has 1 heterocycles. The van der Waals surface area contributed by atoms with Crippen molar-refractivity contribution in [1.82, 2.24) is 4.90 Å². The van der Waals surface area contributed by atoms with Crippen LogP contribution >= 0.6 is 0 Å². The molecule has 0 radical (unpaired) electrons. The second kappa shape index (κ2) is 6.06. The first-order chi connectivity index (χ1) is 9.00. The summed E-state index contributed by atoms with van der Waals surface area (Å²) in [6, 6.07) is 9.83. The first-order valence-electron chi connectivity index (χ1n) is 7.57. The Bertz CT molecular complexity index is 413. The number of nitrogens with zero attached hydrogens (tertiary/aromatic N) is 1. The van der Waals surface area contributed by atoms with Crippen LogP contribution in [0, 0.1) is 12.8 Å². The minimum Gasteiger partial charge on any atom is -0.326 e. The maximum Gasteiger partial charge on any atom is 0.0501 e. The van der Waals surface area contributed by atoms with E-state index < -0.39 is 0 Å². The van der Waals surface area contributed by atoms with Crippen LogP contribution in [0.3, 0.4) is 0 Å². The SMILES string of the molecule is Cc1ccccc1C(C(C)N)N1CC(C)CCC1C. The van der Waals surface area contributed by atoms with Crippen molar-refractivity contribution in [3.8, 4) is 0 Å². The van der Waals surface area contributed by atoms with Gasteiger partial charge in [-0.25, -0.2) is 0 Å². The Morgan fingerprint density at radius 3 is 2.53 bits per heavy atom. The number of piperidine rings is 1. The molecular formula is C17H28N2. The molecule has 2 nitrogen and oxygen atoms in total. The molecule has 1 aliphatic heterocycles. The molecular weight excluding hydrogens is 232 g/mol. The Kier molecular flexibility index (Phi) is 4.64. The Hall–Kier alpha value is -0.860. The fourth-order valence-corrected chi connectivity index (χ4v) is 3.39. The topological polar surface area (TPSA) is 29.3 Å². The van der Waals surface area contributed by atoms with Gasteiger partial charge in [0.2, 0.25) is 0 Å². The average Bonchev–Trinajstić information content (AvgIpc) is 2.36. The van der Waals surface area contributed by atoms with Gasteiger partial charge in [-0.15, -0.1) is 0 Å². The number of rotatable bonds is 3. The molecule has 1 aromatic rings. The molecule has 2 N–H and O–H groups in total. The summed E-state index contributed by atoms with van der Waals surface area (Å²) in [6.45, 7) is 10.2. The lowest BCUT2D eigenvalue weighted by atomic mass is 9.88. The van der Waals surface area contributed by atoms with E-state index in [1.807, 2.05) is 0 Å². The van der Waals surface area contributed by atoms with Crippen molar-refractivity contribution in [2.24, 2.45) is 11.7 Å². The monoisotopic (exact) mass is 260 g/mol. The molecule has 0 aromatic heterocycles. The van der Waals surface area contributed by atoms with Crippen LogP contribution in [0.4, 0.5) is 0 Å². The van der Waals surface area contributed by atoms with Crippen molar-refractivity contribution in [2.75, 3.05) is 6.54 Å². The van der Waals surface area contributed by atoms with Gasteiger partial charge >= 0.3 is 0 Å². The first-order valence-corrected chi connectivity index (χ1v) is 7.57. The third-order valence-electron chi connectivity index (χ3n) is 4.53. The van der Waals surface area contributed by atoms with Gasteiger partial charge in [0, 0.05) is 18.6 Å². The van der Waals surface area contributed by atoms with Crippen LogP contribution < -0.4 is 5.73 Å². The number of aryl methyl sites for hydroxylation is 1. The molecule has 0 spiro atoms. The maximum atomic E-state index is 6.33. The van der Waals surface area contributed by atoms with Crippen LogP contribution in [0.15, 0.2) is 24.3 Å². The summed E-state index contributed by atoms with van der Waals surface area (Å²) in [4.78, 5) is 2.63. The molecule has 1 fully saturated rings. The molecule has 0 bridgehead atoms. The molecule has 2 heteroatoms. The van der Waals surface area contributed by atoms with Gasteiger partial charge in [0.25, 0.3) is 0 Å². The van der Waals surface area contributed by atoms with Gasteiger partial charge in [0.1, 0.15) is 0 Å². The van der Waals surface area contributed by atoms with Gasteiger partial charge in [0.15, 0.2) is 0 Å². The zero-order valence-corrected chi connectivity index (χ0v) is 12.8. The second-order valence-corrected chi connectivity index (χ2v) is 6.39. The third-order valence-corrected chi connectivity index (χ3v) is 4.53. The van der Waals surface area contributed by atoms with Gasteiger partial charge in [-0.05, 0) is 50.7 Å². The van der Waals surface area contributed by atoms with Crippen LogP contribution in [-0.2, 0) is 0 Å². The number of hydrogen-bond acceptors (Lipinski definition) is 2. The predicted octanol–water partition coefficient (Wildman–Crippen LogP) is 3.50. The first kappa shape index (κ1) is 14.5. The van der Waals surface area contributed by atoms with E-state index in [1.54, 1.807) is 0 Å². The van der Waals surface area contributed by atoms with E-state index in [1.165, 1.54) is 30.5 Å². The van der Waals surface area contributed by atoms with E-state index in [-0.39, 0.29) is 6.04 Å². The summed E-state index contributed by atoms with van der Waals surface area (Å²) in [5.41, 5.74) is 9.09. The van der Waals surface area contributed by atoms with Gasteiger partial charge < -0.3 is 5.73 Å². The molecule has 0 amide bonds. The fraction of sp³-hybridized carbons (Fsp3) is 0.647. The number of likely N-dealkylation sites (tertiary alicyclic amines) is 1. The lowest BCUT2D eigenvalue weighted by molar-refractivity contribution is 0.0657. The zero-order chi connectivity index (χ0) is 14.0. The van der Waals surface area contributed by atoms with E-state index >= 15 is 0 Å². The minimum absolute atomic E-state index is 0.161. The van der Waals surface area contributed by atoms with Crippen molar-refractivity contribution in [2.45, 2.75) is 58.7 Å². The highest BCUT2D eigenvalue weighted by Crippen LogP contribution is 2.33. The summed E-state index contributed by atoms with van der Waals surface area (Å²) in [5, 5.41) is 0. The Balaban J connectivity index is 2.32. The fourth-order valence-electron chi connectivity index (χ4n) is 3.39. The Morgan fingerprint density at radius 1 is 1.21 bits per heavy atom. The standard InChI is InChI=1S/C17H28N2/c1-12-9-10-14(3)19(11-12)17(15(4)18)16-8-6-5-7-13(16)2/h5-8,12,14-15,17H,9-11,18H2,1-4H3. The minimum atomic E-state index is 0.161. The smallest absolute Gasteiger partial charge is 0.0501 e. The highest BCUT2D eigenvalue weighted by atomic mass is 15.2. The van der Waals surface area contributed by atoms with Crippen molar-refractivity contribution < 1.29 is 0 Å². The molecule has 0 saturated carbocycles.